The van der Waals surface area contributed by atoms with Crippen molar-refractivity contribution in [3.05, 3.63) is 123 Å². The number of hydrogen-bond donors (Lipinski definition) is 2. The van der Waals surface area contributed by atoms with Gasteiger partial charge in [-0.05, 0) is 29.8 Å². The number of nitrogens with zero attached hydrogens (tertiary/aromatic N) is 2. The number of pyridine rings is 1. The van der Waals surface area contributed by atoms with E-state index in [0.717, 1.165) is 16.5 Å². The number of halogens is 2. The van der Waals surface area contributed by atoms with Crippen LogP contribution in [0.15, 0.2) is 102 Å². The van der Waals surface area contributed by atoms with Crippen molar-refractivity contribution in [3.63, 3.8) is 0 Å². The molecule has 0 aliphatic carbocycles. The highest BCUT2D eigenvalue weighted by molar-refractivity contribution is 7.63. The first-order valence-electron chi connectivity index (χ1n) is 10.7. The Balaban J connectivity index is 1.87. The zero-order valence-corrected chi connectivity index (χ0v) is 20.1. The van der Waals surface area contributed by atoms with Gasteiger partial charge in [0.05, 0.1) is 22.0 Å². The van der Waals surface area contributed by atoms with Gasteiger partial charge in [-0.2, -0.15) is 9.83 Å². The zero-order chi connectivity index (χ0) is 23.9. The Hall–Kier alpha value is -3.14. The summed E-state index contributed by atoms with van der Waals surface area (Å²) in [6.45, 7) is 0. The van der Waals surface area contributed by atoms with Gasteiger partial charge >= 0.3 is 0 Å². The smallest absolute Gasteiger partial charge is 0.225 e. The van der Waals surface area contributed by atoms with Crippen LogP contribution >= 0.6 is 23.2 Å². The summed E-state index contributed by atoms with van der Waals surface area (Å²) in [7, 11) is 0. The second kappa shape index (κ2) is 8.90. The van der Waals surface area contributed by atoms with Gasteiger partial charge in [-0.1, -0.05) is 76.8 Å². The summed E-state index contributed by atoms with van der Waals surface area (Å²) in [6, 6.07) is 28.0. The number of rotatable bonds is 3. The quantitative estimate of drug-likeness (QED) is 0.286. The van der Waals surface area contributed by atoms with Crippen LogP contribution in [0.25, 0.3) is 10.9 Å². The Kier molecular flexibility index (Phi) is 5.93. The molecule has 4 aromatic rings. The molecule has 0 spiro atoms. The topological polar surface area (TPSA) is 59.9 Å². The van der Waals surface area contributed by atoms with Gasteiger partial charge in [-0.15, -0.1) is 0 Å². The van der Waals surface area contributed by atoms with Crippen LogP contribution in [-0.2, 0) is 18.4 Å². The normalized spacial score (nSPS) is 22.3. The Labute approximate surface area is 213 Å². The van der Waals surface area contributed by atoms with E-state index >= 15 is 0 Å². The van der Waals surface area contributed by atoms with Crippen molar-refractivity contribution in [3.8, 4) is 6.07 Å². The summed E-state index contributed by atoms with van der Waals surface area (Å²) in [4.78, 5) is 0. The summed E-state index contributed by atoms with van der Waals surface area (Å²) in [6.07, 6.45) is 1.91. The fourth-order valence-corrected chi connectivity index (χ4v) is 5.39. The van der Waals surface area contributed by atoms with Crippen LogP contribution in [0.3, 0.4) is 0 Å². The molecule has 3 atom stereocenters. The molecule has 0 saturated heterocycles. The number of aromatic nitrogens is 1. The number of benzene rings is 3. The summed E-state index contributed by atoms with van der Waals surface area (Å²) in [5.41, 5.74) is 0.991. The van der Waals surface area contributed by atoms with Crippen molar-refractivity contribution in [2.24, 2.45) is 0 Å². The molecule has 7 heteroatoms. The van der Waals surface area contributed by atoms with E-state index in [4.69, 9.17) is 35.8 Å². The Morgan fingerprint density at radius 3 is 2.38 bits per heavy atom. The lowest BCUT2D eigenvalue weighted by atomic mass is 9.75. The van der Waals surface area contributed by atoms with E-state index < -0.39 is 17.7 Å². The van der Waals surface area contributed by atoms with E-state index in [-0.39, 0.29) is 5.03 Å². The molecule has 0 amide bonds. The molecular formula is C27H19Cl2N3OS. The van der Waals surface area contributed by atoms with E-state index in [2.05, 4.69) is 11.4 Å². The van der Waals surface area contributed by atoms with Gasteiger partial charge in [-0.3, -0.25) is 0 Å². The molecule has 4 nitrogen and oxygen atoms in total. The average molecular weight is 504 g/mol. The minimum Gasteiger partial charge on any atom is -0.762 e. The lowest BCUT2D eigenvalue weighted by Gasteiger charge is -2.45. The molecule has 0 saturated carbocycles. The highest BCUT2D eigenvalue weighted by Crippen LogP contribution is 2.47. The summed E-state index contributed by atoms with van der Waals surface area (Å²) in [5, 5.41) is 27.6. The molecule has 2 N–H and O–H groups in total. The first kappa shape index (κ1) is 22.6. The first-order valence-corrected chi connectivity index (χ1v) is 11.8. The molecule has 5 rings (SSSR count). The van der Waals surface area contributed by atoms with Crippen LogP contribution < -0.4 is 9.88 Å². The van der Waals surface area contributed by atoms with Gasteiger partial charge in [0, 0.05) is 28.7 Å². The van der Waals surface area contributed by atoms with E-state index in [0.29, 0.717) is 21.2 Å². The zero-order valence-electron chi connectivity index (χ0n) is 17.8. The third-order valence-electron chi connectivity index (χ3n) is 6.28. The maximum atomic E-state index is 12.4. The molecule has 0 unspecified atom stereocenters. The number of fused-ring (bicyclic) bond motifs is 1. The van der Waals surface area contributed by atoms with Crippen molar-refractivity contribution in [1.82, 2.24) is 5.32 Å². The Morgan fingerprint density at radius 2 is 1.65 bits per heavy atom. The molecule has 0 bridgehead atoms. The van der Waals surface area contributed by atoms with Crippen LogP contribution in [0.1, 0.15) is 23.1 Å². The Bertz CT molecular complexity index is 1460. The number of aliphatic hydroxyl groups is 1. The highest BCUT2D eigenvalue weighted by Gasteiger charge is 2.54. The Morgan fingerprint density at radius 1 is 0.941 bits per heavy atom. The van der Waals surface area contributed by atoms with Gasteiger partial charge < -0.3 is 23.1 Å². The second-order valence-corrected chi connectivity index (χ2v) is 9.40. The molecule has 1 aromatic heterocycles. The third kappa shape index (κ3) is 3.70. The number of para-hydroxylation sites is 1. The molecule has 0 fully saturated rings. The van der Waals surface area contributed by atoms with Crippen molar-refractivity contribution in [2.75, 3.05) is 0 Å². The molecule has 3 aromatic carbocycles. The molecule has 1 aliphatic rings. The fraction of sp³-hybridized carbons (Fsp3) is 0.111. The van der Waals surface area contributed by atoms with Crippen molar-refractivity contribution in [1.29, 1.82) is 5.26 Å². The molecule has 34 heavy (non-hydrogen) atoms. The van der Waals surface area contributed by atoms with Gasteiger partial charge in [-0.25, -0.2) is 0 Å². The monoisotopic (exact) mass is 503 g/mol. The van der Waals surface area contributed by atoms with E-state index in [1.54, 1.807) is 12.1 Å². The standard InChI is InChI=1S/C27H19Cl2N3OS/c28-21-13-12-18(15-22(21)29)24-20(16-30)26(34)31-27(33,19-9-2-1-3-10-19)25(24)32-14-6-8-17-7-4-5-11-23(17)32/h1-15,24-25,31,33H/t24-,25+,27+/m0/s1. The minimum atomic E-state index is -1.62. The largest absolute Gasteiger partial charge is 0.762 e. The third-order valence-corrected chi connectivity index (χ3v) is 7.34. The van der Waals surface area contributed by atoms with Crippen LogP contribution in [0, 0.1) is 11.3 Å². The summed E-state index contributed by atoms with van der Waals surface area (Å²) < 4.78 is 2.00. The number of nitrogens with one attached hydrogen (secondary N) is 1. The van der Waals surface area contributed by atoms with Crippen LogP contribution in [-0.4, -0.2) is 5.11 Å². The predicted molar refractivity (Wildman–Crippen MR) is 136 cm³/mol. The predicted octanol–water partition coefficient (Wildman–Crippen LogP) is 5.49. The van der Waals surface area contributed by atoms with Gasteiger partial charge in [0.25, 0.3) is 0 Å². The van der Waals surface area contributed by atoms with Crippen molar-refractivity contribution < 1.29 is 9.67 Å². The van der Waals surface area contributed by atoms with Crippen LogP contribution in [0.2, 0.25) is 10.0 Å². The maximum Gasteiger partial charge on any atom is 0.225 e. The number of hydrogen-bond acceptors (Lipinski definition) is 4. The van der Waals surface area contributed by atoms with Crippen LogP contribution in [0.5, 0.6) is 0 Å². The summed E-state index contributed by atoms with van der Waals surface area (Å²) in [5.74, 6) is -0.602. The number of allylic oxidation sites excluding steroid dienone is 1. The molecule has 1 aliphatic heterocycles. The van der Waals surface area contributed by atoms with Crippen molar-refractivity contribution >= 4 is 46.7 Å². The van der Waals surface area contributed by atoms with Gasteiger partial charge in [0.15, 0.2) is 6.20 Å². The second-order valence-electron chi connectivity index (χ2n) is 8.18. The highest BCUT2D eigenvalue weighted by atomic mass is 35.5. The lowest BCUT2D eigenvalue weighted by molar-refractivity contribution is -0.720. The van der Waals surface area contributed by atoms with E-state index in [1.807, 2.05) is 83.6 Å². The fourth-order valence-electron chi connectivity index (χ4n) is 4.75. The molecule has 2 heterocycles. The van der Waals surface area contributed by atoms with Gasteiger partial charge in [0.1, 0.15) is 0 Å². The van der Waals surface area contributed by atoms with E-state index in [1.165, 1.54) is 0 Å². The van der Waals surface area contributed by atoms with Gasteiger partial charge in [0.2, 0.25) is 17.3 Å². The molecular weight excluding hydrogens is 485 g/mol. The molecule has 0 radical (unpaired) electrons. The number of nitriles is 1. The van der Waals surface area contributed by atoms with Crippen LogP contribution in [0.4, 0.5) is 0 Å². The SMILES string of the molecule is N#CC1=C([S-])N[C@@](O)(c2ccccc2)[C@H]([n+]2cccc3ccccc32)[C@H]1c1ccc(Cl)c(Cl)c1. The van der Waals surface area contributed by atoms with Crippen molar-refractivity contribution in [2.45, 2.75) is 17.7 Å². The summed E-state index contributed by atoms with van der Waals surface area (Å²) >= 11 is 18.2. The van der Waals surface area contributed by atoms with E-state index in [9.17, 15) is 10.4 Å². The first-order chi connectivity index (χ1) is 16.4. The lowest BCUT2D eigenvalue weighted by Crippen LogP contribution is -2.62. The minimum absolute atomic E-state index is 0.196. The maximum absolute atomic E-state index is 12.4. The molecule has 168 valence electrons. The average Bonchev–Trinajstić information content (AvgIpc) is 2.86.